The fraction of sp³-hybridized carbons (Fsp3) is 0.600. The monoisotopic (exact) mass is 232 g/mol. The number of hydrogen-bond acceptors (Lipinski definition) is 2. The molecular weight excluding hydrogens is 208 g/mol. The van der Waals surface area contributed by atoms with E-state index in [1.807, 2.05) is 18.2 Å². The Morgan fingerprint density at radius 3 is 2.59 bits per heavy atom. The molecule has 3 N–H and O–H groups in total. The van der Waals surface area contributed by atoms with Crippen LogP contribution in [-0.2, 0) is 0 Å². The molecule has 0 saturated heterocycles. The van der Waals surface area contributed by atoms with Crippen LogP contribution in [0.5, 0.6) is 0 Å². The van der Waals surface area contributed by atoms with Crippen LogP contribution in [0, 0.1) is 11.3 Å². The molecule has 1 aliphatic carbocycles. The zero-order valence-corrected chi connectivity index (χ0v) is 11.2. The van der Waals surface area contributed by atoms with Crippen LogP contribution in [0.15, 0.2) is 24.3 Å². The molecule has 1 saturated carbocycles. The molecule has 1 aromatic rings. The summed E-state index contributed by atoms with van der Waals surface area (Å²) in [6.45, 7) is 7.08. The molecule has 94 valence electrons. The first-order valence-corrected chi connectivity index (χ1v) is 6.57. The van der Waals surface area contributed by atoms with Gasteiger partial charge in [0.25, 0.3) is 0 Å². The van der Waals surface area contributed by atoms with E-state index in [2.05, 4.69) is 32.2 Å². The van der Waals surface area contributed by atoms with E-state index in [1.54, 1.807) is 0 Å². The van der Waals surface area contributed by atoms with Gasteiger partial charge in [0.05, 0.1) is 11.4 Å². The summed E-state index contributed by atoms with van der Waals surface area (Å²) in [4.78, 5) is 0. The van der Waals surface area contributed by atoms with Gasteiger partial charge in [-0.1, -0.05) is 32.9 Å². The molecule has 2 nitrogen and oxygen atoms in total. The van der Waals surface area contributed by atoms with Crippen molar-refractivity contribution in [1.82, 2.24) is 0 Å². The Kier molecular flexibility index (Phi) is 3.32. The van der Waals surface area contributed by atoms with E-state index in [9.17, 15) is 0 Å². The van der Waals surface area contributed by atoms with Crippen LogP contribution in [0.3, 0.4) is 0 Å². The van der Waals surface area contributed by atoms with E-state index >= 15 is 0 Å². The summed E-state index contributed by atoms with van der Waals surface area (Å²) in [5.41, 5.74) is 8.36. The second kappa shape index (κ2) is 4.59. The lowest BCUT2D eigenvalue weighted by Crippen LogP contribution is -2.35. The molecule has 0 amide bonds. The smallest absolute Gasteiger partial charge is 0.0576 e. The van der Waals surface area contributed by atoms with Gasteiger partial charge in [0, 0.05) is 6.04 Å². The van der Waals surface area contributed by atoms with Crippen LogP contribution in [-0.4, -0.2) is 6.04 Å². The summed E-state index contributed by atoms with van der Waals surface area (Å²) in [5, 5.41) is 3.61. The molecule has 1 aromatic carbocycles. The minimum absolute atomic E-state index is 0.443. The molecule has 0 aromatic heterocycles. The number of anilines is 2. The molecule has 0 spiro atoms. The molecule has 1 aliphatic rings. The third kappa shape index (κ3) is 3.15. The fourth-order valence-corrected chi connectivity index (χ4v) is 3.30. The van der Waals surface area contributed by atoms with Crippen molar-refractivity contribution >= 4 is 11.4 Å². The number of nitrogen functional groups attached to an aromatic ring is 1. The maximum Gasteiger partial charge on any atom is 0.0576 e. The molecule has 17 heavy (non-hydrogen) atoms. The summed E-state index contributed by atoms with van der Waals surface area (Å²) in [7, 11) is 0. The largest absolute Gasteiger partial charge is 0.397 e. The van der Waals surface area contributed by atoms with E-state index in [0.29, 0.717) is 11.5 Å². The SMILES string of the molecule is C[C@H]1C[C@@H](Nc2ccccc2N)CC(C)(C)C1. The number of hydrogen-bond donors (Lipinski definition) is 2. The van der Waals surface area contributed by atoms with Crippen LogP contribution >= 0.6 is 0 Å². The Morgan fingerprint density at radius 2 is 1.94 bits per heavy atom. The van der Waals surface area contributed by atoms with Gasteiger partial charge < -0.3 is 11.1 Å². The Bertz CT molecular complexity index is 384. The van der Waals surface area contributed by atoms with Crippen LogP contribution in [0.2, 0.25) is 0 Å². The Hall–Kier alpha value is -1.18. The number of para-hydroxylation sites is 2. The Morgan fingerprint density at radius 1 is 1.24 bits per heavy atom. The third-order valence-corrected chi connectivity index (χ3v) is 3.71. The van der Waals surface area contributed by atoms with Gasteiger partial charge in [0.1, 0.15) is 0 Å². The van der Waals surface area contributed by atoms with E-state index < -0.39 is 0 Å². The molecular formula is C15H24N2. The zero-order chi connectivity index (χ0) is 12.5. The van der Waals surface area contributed by atoms with E-state index in [-0.39, 0.29) is 0 Å². The van der Waals surface area contributed by atoms with Crippen molar-refractivity contribution in [2.24, 2.45) is 11.3 Å². The van der Waals surface area contributed by atoms with Gasteiger partial charge in [-0.3, -0.25) is 0 Å². The van der Waals surface area contributed by atoms with Crippen molar-refractivity contribution < 1.29 is 0 Å². The highest BCUT2D eigenvalue weighted by molar-refractivity contribution is 5.66. The summed E-state index contributed by atoms with van der Waals surface area (Å²) in [6.07, 6.45) is 3.80. The number of rotatable bonds is 2. The summed E-state index contributed by atoms with van der Waals surface area (Å²) in [5.74, 6) is 0.793. The number of nitrogens with one attached hydrogen (secondary N) is 1. The highest BCUT2D eigenvalue weighted by Crippen LogP contribution is 2.39. The molecule has 2 rings (SSSR count). The average molecular weight is 232 g/mol. The van der Waals surface area contributed by atoms with Crippen LogP contribution < -0.4 is 11.1 Å². The predicted octanol–water partition coefficient (Wildman–Crippen LogP) is 3.90. The number of benzene rings is 1. The van der Waals surface area contributed by atoms with Gasteiger partial charge in [-0.25, -0.2) is 0 Å². The topological polar surface area (TPSA) is 38.0 Å². The molecule has 2 atom stereocenters. The van der Waals surface area contributed by atoms with Crippen molar-refractivity contribution in [3.05, 3.63) is 24.3 Å². The molecule has 0 aliphatic heterocycles. The highest BCUT2D eigenvalue weighted by atomic mass is 14.9. The van der Waals surface area contributed by atoms with Crippen molar-refractivity contribution in [2.45, 2.75) is 46.1 Å². The van der Waals surface area contributed by atoms with Gasteiger partial charge in [0.15, 0.2) is 0 Å². The van der Waals surface area contributed by atoms with Gasteiger partial charge in [-0.15, -0.1) is 0 Å². The van der Waals surface area contributed by atoms with E-state index in [0.717, 1.165) is 17.3 Å². The molecule has 2 heteroatoms. The van der Waals surface area contributed by atoms with Gasteiger partial charge in [-0.2, -0.15) is 0 Å². The molecule has 0 heterocycles. The lowest BCUT2D eigenvalue weighted by Gasteiger charge is -2.39. The van der Waals surface area contributed by atoms with Gasteiger partial charge in [0.2, 0.25) is 0 Å². The highest BCUT2D eigenvalue weighted by Gasteiger charge is 2.31. The van der Waals surface area contributed by atoms with Crippen molar-refractivity contribution in [3.8, 4) is 0 Å². The van der Waals surface area contributed by atoms with Gasteiger partial charge in [-0.05, 0) is 42.7 Å². The van der Waals surface area contributed by atoms with E-state index in [4.69, 9.17) is 5.73 Å². The van der Waals surface area contributed by atoms with Gasteiger partial charge >= 0.3 is 0 Å². The first-order chi connectivity index (χ1) is 7.96. The Labute approximate surface area is 105 Å². The summed E-state index contributed by atoms with van der Waals surface area (Å²) >= 11 is 0. The van der Waals surface area contributed by atoms with Crippen LogP contribution in [0.4, 0.5) is 11.4 Å². The maximum atomic E-state index is 5.98. The second-order valence-corrected chi connectivity index (χ2v) is 6.34. The fourth-order valence-electron chi connectivity index (χ4n) is 3.30. The average Bonchev–Trinajstić information content (AvgIpc) is 2.18. The Balaban J connectivity index is 2.06. The summed E-state index contributed by atoms with van der Waals surface area (Å²) < 4.78 is 0. The lowest BCUT2D eigenvalue weighted by molar-refractivity contribution is 0.178. The van der Waals surface area contributed by atoms with Crippen LogP contribution in [0.1, 0.15) is 40.0 Å². The molecule has 0 bridgehead atoms. The molecule has 0 unspecified atom stereocenters. The minimum Gasteiger partial charge on any atom is -0.397 e. The second-order valence-electron chi connectivity index (χ2n) is 6.34. The zero-order valence-electron chi connectivity index (χ0n) is 11.2. The first kappa shape index (κ1) is 12.3. The first-order valence-electron chi connectivity index (χ1n) is 6.57. The summed E-state index contributed by atoms with van der Waals surface area (Å²) in [6, 6.07) is 8.60. The third-order valence-electron chi connectivity index (χ3n) is 3.71. The standard InChI is InChI=1S/C15H24N2/c1-11-8-12(10-15(2,3)9-11)17-14-7-5-4-6-13(14)16/h4-7,11-12,17H,8-10,16H2,1-3H3/t11-,12+/m0/s1. The van der Waals surface area contributed by atoms with E-state index in [1.165, 1.54) is 19.3 Å². The van der Waals surface area contributed by atoms with Crippen molar-refractivity contribution in [1.29, 1.82) is 0 Å². The molecule has 1 fully saturated rings. The maximum absolute atomic E-state index is 5.98. The lowest BCUT2D eigenvalue weighted by atomic mass is 9.70. The van der Waals surface area contributed by atoms with Crippen molar-refractivity contribution in [2.75, 3.05) is 11.1 Å². The quantitative estimate of drug-likeness (QED) is 0.759. The minimum atomic E-state index is 0.443. The predicted molar refractivity (Wildman–Crippen MR) is 75.1 cm³/mol. The molecule has 0 radical (unpaired) electrons. The van der Waals surface area contributed by atoms with Crippen molar-refractivity contribution in [3.63, 3.8) is 0 Å². The number of nitrogens with two attached hydrogens (primary N) is 1. The van der Waals surface area contributed by atoms with Crippen LogP contribution in [0.25, 0.3) is 0 Å². The normalized spacial score (nSPS) is 27.7.